The Hall–Kier alpha value is -9.07. The first-order chi connectivity index (χ1) is 45.8. The van der Waals surface area contributed by atoms with Gasteiger partial charge >= 0.3 is 12.2 Å². The highest BCUT2D eigenvalue weighted by Crippen LogP contribution is 2.34. The third kappa shape index (κ3) is 18.3. The Balaban J connectivity index is 0.875. The Labute approximate surface area is 571 Å². The van der Waals surface area contributed by atoms with Crippen molar-refractivity contribution in [3.63, 3.8) is 0 Å². The van der Waals surface area contributed by atoms with Crippen LogP contribution in [0.2, 0.25) is 0 Å². The molecule has 1 fully saturated rings. The van der Waals surface area contributed by atoms with Gasteiger partial charge in [0.05, 0.1) is 12.1 Å². The van der Waals surface area contributed by atoms with Crippen LogP contribution in [-0.4, -0.2) is 147 Å². The van der Waals surface area contributed by atoms with Gasteiger partial charge in [0.1, 0.15) is 47.5 Å². The van der Waals surface area contributed by atoms with Crippen LogP contribution >= 0.6 is 0 Å². The number of benzene rings is 5. The lowest BCUT2D eigenvalue weighted by Gasteiger charge is -2.39. The van der Waals surface area contributed by atoms with Crippen molar-refractivity contribution in [2.75, 3.05) is 20.6 Å². The molecule has 1 saturated heterocycles. The molecule has 0 aromatic heterocycles. The fraction of sp³-hybridized carbons (Fsp3) is 0.494. The molecule has 0 spiro atoms. The first kappa shape index (κ1) is 72.2. The number of hydrogen-bond acceptors (Lipinski definition) is 11. The summed E-state index contributed by atoms with van der Waals surface area (Å²) >= 11 is 0. The SMILES string of the molecule is C[C@@H](C(=O)NC(Cc1ccc(CCc2ccc(C(=O)NC3CC(C(=O)NC4CCCc5ccccc54)N(C(=O)C(NC(=O)[C@H](C)N(C)C(=O)OC(C)(C)C)C(C)(C)C)C3)cc2)cc1)C(=O)N1Cc2ccccc2CC1C(=O)NC1CCCc2ccccc21)N(C)C(=O)OC(C)(C)C. The largest absolute Gasteiger partial charge is 0.444 e. The van der Waals surface area contributed by atoms with Gasteiger partial charge in [0, 0.05) is 51.6 Å². The number of fused-ring (bicyclic) bond motifs is 3. The average molecular weight is 1330 g/mol. The Morgan fingerprint density at radius 3 is 1.48 bits per heavy atom. The number of nitrogens with one attached hydrogen (secondary N) is 5. The predicted octanol–water partition coefficient (Wildman–Crippen LogP) is 9.58. The zero-order valence-corrected chi connectivity index (χ0v) is 58.7. The molecule has 0 saturated carbocycles. The van der Waals surface area contributed by atoms with Crippen LogP contribution in [0.3, 0.4) is 0 Å². The number of aryl methyl sites for hydroxylation is 4. The van der Waals surface area contributed by atoms with E-state index in [1.54, 1.807) is 72.4 Å². The highest BCUT2D eigenvalue weighted by molar-refractivity contribution is 5.97. The third-order valence-corrected chi connectivity index (χ3v) is 19.1. The van der Waals surface area contributed by atoms with Crippen LogP contribution in [0, 0.1) is 5.41 Å². The molecule has 2 aliphatic carbocycles. The van der Waals surface area contributed by atoms with Crippen molar-refractivity contribution in [3.05, 3.63) is 177 Å². The van der Waals surface area contributed by atoms with E-state index in [-0.39, 0.29) is 62.2 Å². The van der Waals surface area contributed by atoms with Gasteiger partial charge < -0.3 is 45.9 Å². The number of rotatable bonds is 19. The molecule has 9 amide bonds. The molecule has 518 valence electrons. The molecule has 9 atom stereocenters. The van der Waals surface area contributed by atoms with Crippen LogP contribution in [0.5, 0.6) is 0 Å². The van der Waals surface area contributed by atoms with Gasteiger partial charge in [-0.15, -0.1) is 0 Å². The lowest BCUT2D eigenvalue weighted by molar-refractivity contribution is -0.145. The van der Waals surface area contributed by atoms with E-state index in [9.17, 15) is 33.6 Å². The molecule has 4 aliphatic rings. The smallest absolute Gasteiger partial charge is 0.410 e. The van der Waals surface area contributed by atoms with Crippen molar-refractivity contribution in [2.24, 2.45) is 5.41 Å². The molecule has 9 rings (SSSR count). The third-order valence-electron chi connectivity index (χ3n) is 19.1. The van der Waals surface area contributed by atoms with Crippen molar-refractivity contribution in [1.29, 1.82) is 0 Å². The second kappa shape index (κ2) is 30.6. The summed E-state index contributed by atoms with van der Waals surface area (Å²) < 4.78 is 11.1. The molecule has 0 radical (unpaired) electrons. The molecular weight excluding hydrogens is 1230 g/mol. The van der Waals surface area contributed by atoms with Crippen molar-refractivity contribution >= 4 is 53.5 Å². The number of likely N-dealkylation sites (N-methyl/N-ethyl adjacent to an activating group) is 2. The standard InChI is InChI=1S/C77H99N9O11/c1-47(83(12)73(94)96-76(6,7)8)66(87)81-62(71(92)85-45-56-25-15-14-24-55(56)43-63(85)69(90)79-60-30-20-26-52-22-16-18-28-58(52)60)42-51-36-34-49(35-37-51)32-33-50-38-40-54(41-39-50)68(89)78-57-44-64(70(91)80-61-31-21-27-53-23-17-19-29-59(53)61)86(46-57)72(93)65(75(3,4)5)82-67(88)48(2)84(13)74(95)97-77(9,10)11/h14-19,22-25,28-29,34-41,47-48,57,60-65H,20-21,26-27,30-33,42-46H2,1-13H3,(H,78,89)(H,79,90)(H,80,91)(H,81,87)(H,82,88)/t47-,48-,57?,60?,61?,62?,63?,64?,65?/m0/s1. The van der Waals surface area contributed by atoms with Crippen LogP contribution in [-0.2, 0) is 83.3 Å². The van der Waals surface area contributed by atoms with Gasteiger partial charge in [-0.1, -0.05) is 130 Å². The van der Waals surface area contributed by atoms with E-state index < -0.39 is 94.7 Å². The Morgan fingerprint density at radius 2 is 0.979 bits per heavy atom. The van der Waals surface area contributed by atoms with Gasteiger partial charge in [-0.25, -0.2) is 9.59 Å². The summed E-state index contributed by atoms with van der Waals surface area (Å²) in [6, 6.07) is 31.8. The van der Waals surface area contributed by atoms with Crippen molar-refractivity contribution in [2.45, 2.75) is 219 Å². The van der Waals surface area contributed by atoms with Gasteiger partial charge in [0.2, 0.25) is 35.4 Å². The molecule has 5 aromatic carbocycles. The number of likely N-dealkylation sites (tertiary alicyclic amines) is 1. The molecule has 20 heteroatoms. The maximum absolute atomic E-state index is 15.3. The van der Waals surface area contributed by atoms with Crippen molar-refractivity contribution in [3.8, 4) is 0 Å². The van der Waals surface area contributed by atoms with Crippen LogP contribution < -0.4 is 26.6 Å². The minimum atomic E-state index is -1.13. The topological polar surface area (TPSA) is 245 Å². The minimum absolute atomic E-state index is 0.00197. The summed E-state index contributed by atoms with van der Waals surface area (Å²) in [5, 5.41) is 15.6. The summed E-state index contributed by atoms with van der Waals surface area (Å²) in [6.45, 7) is 19.1. The monoisotopic (exact) mass is 1330 g/mol. The number of amides is 9. The van der Waals surface area contributed by atoms with Crippen LogP contribution in [0.15, 0.2) is 121 Å². The molecule has 20 nitrogen and oxygen atoms in total. The van der Waals surface area contributed by atoms with Gasteiger partial charge in [-0.05, 0) is 181 Å². The first-order valence-corrected chi connectivity index (χ1v) is 34.3. The maximum Gasteiger partial charge on any atom is 0.410 e. The second-order valence-electron chi connectivity index (χ2n) is 29.8. The van der Waals surface area contributed by atoms with Crippen molar-refractivity contribution < 1.29 is 52.6 Å². The van der Waals surface area contributed by atoms with Gasteiger partial charge in [0.25, 0.3) is 5.91 Å². The first-order valence-electron chi connectivity index (χ1n) is 34.3. The Kier molecular flexibility index (Phi) is 22.7. The van der Waals surface area contributed by atoms with Crippen LogP contribution in [0.1, 0.15) is 181 Å². The fourth-order valence-corrected chi connectivity index (χ4v) is 13.3. The van der Waals surface area contributed by atoms with Gasteiger partial charge in [-0.2, -0.15) is 0 Å². The normalized spacial score (nSPS) is 19.6. The Morgan fingerprint density at radius 1 is 0.526 bits per heavy atom. The van der Waals surface area contributed by atoms with Crippen LogP contribution in [0.4, 0.5) is 9.59 Å². The quantitative estimate of drug-likeness (QED) is 0.0521. The van der Waals surface area contributed by atoms with E-state index in [0.717, 1.165) is 83.0 Å². The summed E-state index contributed by atoms with van der Waals surface area (Å²) in [5.41, 5.74) is 6.99. The number of carbonyl (C=O) groups is 9. The maximum atomic E-state index is 15.3. The molecule has 0 bridgehead atoms. The molecule has 2 aliphatic heterocycles. The van der Waals surface area contributed by atoms with Crippen LogP contribution in [0.25, 0.3) is 0 Å². The summed E-state index contributed by atoms with van der Waals surface area (Å²) in [7, 11) is 2.94. The number of hydrogen-bond donors (Lipinski definition) is 5. The highest BCUT2D eigenvalue weighted by Gasteiger charge is 2.47. The zero-order chi connectivity index (χ0) is 70.3. The minimum Gasteiger partial charge on any atom is -0.444 e. The number of carbonyl (C=O) groups excluding carboxylic acids is 9. The van der Waals surface area contributed by atoms with Crippen molar-refractivity contribution in [1.82, 2.24) is 46.2 Å². The molecule has 7 unspecified atom stereocenters. The lowest BCUT2D eigenvalue weighted by Crippen LogP contribution is -2.60. The highest BCUT2D eigenvalue weighted by atomic mass is 16.6. The number of nitrogens with zero attached hydrogens (tertiary/aromatic N) is 4. The van der Waals surface area contributed by atoms with E-state index in [1.165, 1.54) is 34.4 Å². The average Bonchev–Trinajstić information content (AvgIpc) is 1.67. The second-order valence-corrected chi connectivity index (χ2v) is 29.8. The van der Waals surface area contributed by atoms with E-state index in [4.69, 9.17) is 9.47 Å². The van der Waals surface area contributed by atoms with E-state index in [2.05, 4.69) is 44.8 Å². The van der Waals surface area contributed by atoms with E-state index in [0.29, 0.717) is 18.4 Å². The zero-order valence-electron chi connectivity index (χ0n) is 58.7. The van der Waals surface area contributed by atoms with E-state index >= 15 is 9.59 Å². The predicted molar refractivity (Wildman–Crippen MR) is 371 cm³/mol. The molecule has 2 heterocycles. The summed E-state index contributed by atoms with van der Waals surface area (Å²) in [5.74, 6) is -3.09. The molecular formula is C77H99N9O11. The molecule has 5 aromatic rings. The fourth-order valence-electron chi connectivity index (χ4n) is 13.3. The summed E-state index contributed by atoms with van der Waals surface area (Å²) in [4.78, 5) is 134. The van der Waals surface area contributed by atoms with Gasteiger partial charge in [-0.3, -0.25) is 43.4 Å². The Bertz CT molecular complexity index is 3700. The molecule has 5 N–H and O–H groups in total. The molecule has 97 heavy (non-hydrogen) atoms. The summed E-state index contributed by atoms with van der Waals surface area (Å²) in [6.07, 6.45) is 5.46. The number of ether oxygens (including phenoxy) is 2. The van der Waals surface area contributed by atoms with Gasteiger partial charge in [0.15, 0.2) is 0 Å². The lowest BCUT2D eigenvalue weighted by atomic mass is 9.85. The van der Waals surface area contributed by atoms with E-state index in [1.807, 2.05) is 112 Å².